The van der Waals surface area contributed by atoms with Crippen LogP contribution in [0.15, 0.2) is 114 Å². The van der Waals surface area contributed by atoms with Gasteiger partial charge in [-0.05, 0) is 41.5 Å². The summed E-state index contributed by atoms with van der Waals surface area (Å²) in [5.41, 5.74) is 7.98. The summed E-state index contributed by atoms with van der Waals surface area (Å²) in [7, 11) is 0. The molecule has 2 atom stereocenters. The summed E-state index contributed by atoms with van der Waals surface area (Å²) in [4.78, 5) is 1.23. The minimum atomic E-state index is 0.210. The molecule has 7 rings (SSSR count). The predicted octanol–water partition coefficient (Wildman–Crippen LogP) is 7.87. The van der Waals surface area contributed by atoms with Gasteiger partial charge in [0.25, 0.3) is 0 Å². The molecular weight excluding hydrogens is 432 g/mol. The largest absolute Gasteiger partial charge is 0.309 e. The lowest BCUT2D eigenvalue weighted by Crippen LogP contribution is -2.11. The van der Waals surface area contributed by atoms with Gasteiger partial charge < -0.3 is 4.57 Å². The highest BCUT2D eigenvalue weighted by Crippen LogP contribution is 2.51. The first-order valence-corrected chi connectivity index (χ1v) is 12.4. The normalized spacial score (nSPS) is 18.5. The molecule has 2 unspecified atom stereocenters. The van der Waals surface area contributed by atoms with Crippen molar-refractivity contribution in [3.63, 3.8) is 0 Å². The van der Waals surface area contributed by atoms with Crippen molar-refractivity contribution in [3.8, 4) is 11.8 Å². The van der Waals surface area contributed by atoms with Gasteiger partial charge in [-0.3, -0.25) is 0 Å². The molecule has 3 heteroatoms. The van der Waals surface area contributed by atoms with Crippen molar-refractivity contribution >= 4 is 39.1 Å². The average molecular weight is 453 g/mol. The number of hydrogen-bond donors (Lipinski definition) is 0. The van der Waals surface area contributed by atoms with Crippen LogP contribution in [0.4, 0.5) is 0 Å². The number of benzene rings is 4. The number of hydrogen-bond acceptors (Lipinski definition) is 2. The first-order valence-electron chi connectivity index (χ1n) is 11.5. The molecule has 0 saturated heterocycles. The molecule has 160 valence electrons. The first-order chi connectivity index (χ1) is 16.8. The van der Waals surface area contributed by atoms with Gasteiger partial charge in [0.1, 0.15) is 0 Å². The Morgan fingerprint density at radius 1 is 0.765 bits per heavy atom. The quantitative estimate of drug-likeness (QED) is 0.273. The maximum Gasteiger partial charge on any atom is 0.0995 e. The molecule has 2 aliphatic rings. The Labute approximate surface area is 202 Å². The van der Waals surface area contributed by atoms with E-state index >= 15 is 0 Å². The predicted molar refractivity (Wildman–Crippen MR) is 141 cm³/mol. The Morgan fingerprint density at radius 3 is 2.24 bits per heavy atom. The molecule has 0 N–H and O–H groups in total. The number of nitriles is 1. The summed E-state index contributed by atoms with van der Waals surface area (Å²) in [6, 6.07) is 34.4. The number of rotatable bonds is 2. The van der Waals surface area contributed by atoms with Crippen molar-refractivity contribution in [2.24, 2.45) is 0 Å². The minimum Gasteiger partial charge on any atom is -0.309 e. The molecule has 34 heavy (non-hydrogen) atoms. The average Bonchev–Trinajstić information content (AvgIpc) is 3.44. The molecule has 0 saturated carbocycles. The lowest BCUT2D eigenvalue weighted by atomic mass is 9.85. The third-order valence-electron chi connectivity index (χ3n) is 7.00. The molecule has 5 aromatic rings. The van der Waals surface area contributed by atoms with Gasteiger partial charge in [0.15, 0.2) is 0 Å². The fourth-order valence-electron chi connectivity index (χ4n) is 5.53. The van der Waals surface area contributed by atoms with Crippen LogP contribution in [0.5, 0.6) is 0 Å². The van der Waals surface area contributed by atoms with E-state index in [1.54, 1.807) is 0 Å². The van der Waals surface area contributed by atoms with Crippen LogP contribution in [0.3, 0.4) is 0 Å². The van der Waals surface area contributed by atoms with Crippen LogP contribution < -0.4 is 0 Å². The van der Waals surface area contributed by atoms with Crippen LogP contribution in [0, 0.1) is 11.3 Å². The van der Waals surface area contributed by atoms with E-state index in [-0.39, 0.29) is 5.92 Å². The van der Waals surface area contributed by atoms with Gasteiger partial charge >= 0.3 is 0 Å². The summed E-state index contributed by atoms with van der Waals surface area (Å²) in [5.74, 6) is 0.210. The van der Waals surface area contributed by atoms with Gasteiger partial charge in [-0.2, -0.15) is 5.26 Å². The van der Waals surface area contributed by atoms with E-state index in [1.807, 2.05) is 23.9 Å². The monoisotopic (exact) mass is 452 g/mol. The Morgan fingerprint density at radius 2 is 1.47 bits per heavy atom. The van der Waals surface area contributed by atoms with E-state index in [0.717, 1.165) is 5.56 Å². The van der Waals surface area contributed by atoms with E-state index in [2.05, 4.69) is 108 Å². The van der Waals surface area contributed by atoms with Crippen LogP contribution in [0.25, 0.3) is 33.1 Å². The SMILES string of the molecule is N#Cc1cccc2c1C1C=C(c3ccccc3-n3c4ccccc4c4ccccc43)C=CC1S2. The summed E-state index contributed by atoms with van der Waals surface area (Å²) in [6.45, 7) is 0. The summed E-state index contributed by atoms with van der Waals surface area (Å²) in [5, 5.41) is 12.6. The maximum absolute atomic E-state index is 9.74. The van der Waals surface area contributed by atoms with Gasteiger partial charge in [-0.25, -0.2) is 0 Å². The third kappa shape index (κ3) is 2.76. The summed E-state index contributed by atoms with van der Waals surface area (Å²) < 4.78 is 2.39. The Hall–Kier alpha value is -4.00. The smallest absolute Gasteiger partial charge is 0.0995 e. The van der Waals surface area contributed by atoms with Gasteiger partial charge in [0, 0.05) is 32.4 Å². The zero-order valence-corrected chi connectivity index (χ0v) is 19.2. The molecule has 1 aliphatic carbocycles. The number of para-hydroxylation sites is 3. The zero-order valence-electron chi connectivity index (χ0n) is 18.3. The highest BCUT2D eigenvalue weighted by atomic mass is 32.2. The number of nitrogens with zero attached hydrogens (tertiary/aromatic N) is 2. The topological polar surface area (TPSA) is 28.7 Å². The molecule has 2 nitrogen and oxygen atoms in total. The second kappa shape index (κ2) is 7.52. The lowest BCUT2D eigenvalue weighted by molar-refractivity contribution is 0.879. The van der Waals surface area contributed by atoms with E-state index < -0.39 is 0 Å². The molecule has 0 fully saturated rings. The lowest BCUT2D eigenvalue weighted by Gasteiger charge is -2.22. The molecule has 0 amide bonds. The van der Waals surface area contributed by atoms with Crippen LogP contribution in [0.1, 0.15) is 22.6 Å². The first kappa shape index (κ1) is 19.5. The maximum atomic E-state index is 9.74. The fourth-order valence-corrected chi connectivity index (χ4v) is 6.87. The van der Waals surface area contributed by atoms with Gasteiger partial charge in [0.2, 0.25) is 0 Å². The van der Waals surface area contributed by atoms with E-state index in [0.29, 0.717) is 5.25 Å². The third-order valence-corrected chi connectivity index (χ3v) is 8.33. The van der Waals surface area contributed by atoms with E-state index in [9.17, 15) is 5.26 Å². The highest BCUT2D eigenvalue weighted by molar-refractivity contribution is 8.00. The molecule has 4 aromatic carbocycles. The fraction of sp³-hybridized carbons (Fsp3) is 0.0645. The van der Waals surface area contributed by atoms with Crippen molar-refractivity contribution < 1.29 is 0 Å². The second-order valence-corrected chi connectivity index (χ2v) is 10.0. The van der Waals surface area contributed by atoms with Gasteiger partial charge in [-0.15, -0.1) is 11.8 Å². The number of thioether (sulfide) groups is 1. The standard InChI is InChI=1S/C31H20N2S/c32-19-21-8-7-15-30-31(21)25-18-20(16-17-29(25)34-30)22-9-1-4-12-26(22)33-27-13-5-2-10-23(27)24-11-3-6-14-28(24)33/h1-18,25,29H. The minimum absolute atomic E-state index is 0.210. The molecule has 1 aliphatic heterocycles. The van der Waals surface area contributed by atoms with E-state index in [1.165, 1.54) is 49.1 Å². The number of allylic oxidation sites excluding steroid dienone is 3. The second-order valence-electron chi connectivity index (χ2n) is 8.81. The van der Waals surface area contributed by atoms with Crippen LogP contribution in [0.2, 0.25) is 0 Å². The molecule has 0 spiro atoms. The number of aromatic nitrogens is 1. The van der Waals surface area contributed by atoms with Crippen molar-refractivity contribution in [2.75, 3.05) is 0 Å². The van der Waals surface area contributed by atoms with Crippen molar-refractivity contribution in [1.29, 1.82) is 5.26 Å². The summed E-state index contributed by atoms with van der Waals surface area (Å²) >= 11 is 1.86. The van der Waals surface area contributed by atoms with Gasteiger partial charge in [0.05, 0.1) is 28.4 Å². The molecule has 0 radical (unpaired) electrons. The van der Waals surface area contributed by atoms with Crippen molar-refractivity contribution in [1.82, 2.24) is 4.57 Å². The van der Waals surface area contributed by atoms with Crippen molar-refractivity contribution in [3.05, 3.63) is 126 Å². The van der Waals surface area contributed by atoms with Gasteiger partial charge in [-0.1, -0.05) is 78.9 Å². The zero-order chi connectivity index (χ0) is 22.6. The molecule has 1 aromatic heterocycles. The van der Waals surface area contributed by atoms with Crippen LogP contribution in [-0.2, 0) is 0 Å². The molecule has 2 heterocycles. The van der Waals surface area contributed by atoms with Crippen LogP contribution >= 0.6 is 11.8 Å². The van der Waals surface area contributed by atoms with E-state index in [4.69, 9.17) is 0 Å². The van der Waals surface area contributed by atoms with Crippen LogP contribution in [-0.4, -0.2) is 9.82 Å². The Balaban J connectivity index is 1.45. The Kier molecular flexibility index (Phi) is 4.30. The highest BCUT2D eigenvalue weighted by Gasteiger charge is 2.34. The van der Waals surface area contributed by atoms with Crippen molar-refractivity contribution in [2.45, 2.75) is 16.1 Å². The number of fused-ring (bicyclic) bond motifs is 6. The summed E-state index contributed by atoms with van der Waals surface area (Å²) in [6.07, 6.45) is 6.95. The molecular formula is C31H20N2S. The molecule has 0 bridgehead atoms. The Bertz CT molecular complexity index is 1660.